The molecule has 30 heavy (non-hydrogen) atoms. The maximum atomic E-state index is 12.6. The Labute approximate surface area is 190 Å². The Morgan fingerprint density at radius 1 is 1.10 bits per heavy atom. The van der Waals surface area contributed by atoms with Gasteiger partial charge in [0.15, 0.2) is 0 Å². The van der Waals surface area contributed by atoms with Crippen LogP contribution in [0.1, 0.15) is 42.9 Å². The molecule has 0 aromatic heterocycles. The molecule has 1 fully saturated rings. The average Bonchev–Trinajstić information content (AvgIpc) is 2.75. The van der Waals surface area contributed by atoms with Crippen LogP contribution in [0.2, 0.25) is 5.02 Å². The monoisotopic (exact) mass is 445 g/mol. The van der Waals surface area contributed by atoms with Crippen molar-refractivity contribution in [2.24, 2.45) is 0 Å². The van der Waals surface area contributed by atoms with Crippen LogP contribution in [-0.2, 0) is 16.6 Å². The van der Waals surface area contributed by atoms with Gasteiger partial charge < -0.3 is 4.74 Å². The van der Waals surface area contributed by atoms with Crippen LogP contribution >= 0.6 is 24.0 Å². The van der Waals surface area contributed by atoms with Crippen molar-refractivity contribution in [2.75, 3.05) is 26.7 Å². The van der Waals surface area contributed by atoms with E-state index < -0.39 is 0 Å². The van der Waals surface area contributed by atoms with Crippen molar-refractivity contribution in [1.82, 2.24) is 4.90 Å². The molecule has 160 valence electrons. The van der Waals surface area contributed by atoms with Crippen molar-refractivity contribution >= 4 is 35.9 Å². The lowest BCUT2D eigenvalue weighted by Gasteiger charge is -2.41. The van der Waals surface area contributed by atoms with E-state index in [4.69, 9.17) is 16.3 Å². The zero-order valence-corrected chi connectivity index (χ0v) is 19.2. The molecule has 2 aromatic rings. The fraction of sp³-hybridized carbons (Fsp3) is 0.400. The summed E-state index contributed by atoms with van der Waals surface area (Å²) in [6.45, 7) is 4.56. The van der Waals surface area contributed by atoms with Crippen LogP contribution in [0.25, 0.3) is 6.08 Å². The lowest BCUT2D eigenvalue weighted by molar-refractivity contribution is -0.124. The number of carbonyl (C=O) groups is 1. The second-order valence-electron chi connectivity index (χ2n) is 8.22. The van der Waals surface area contributed by atoms with E-state index in [0.29, 0.717) is 0 Å². The van der Waals surface area contributed by atoms with E-state index in [1.807, 2.05) is 30.3 Å². The van der Waals surface area contributed by atoms with Crippen molar-refractivity contribution in [1.29, 1.82) is 0 Å². The van der Waals surface area contributed by atoms with Gasteiger partial charge in [-0.25, -0.2) is 0 Å². The number of hydrogen-bond acceptors (Lipinski definition) is 3. The molecule has 0 amide bonds. The summed E-state index contributed by atoms with van der Waals surface area (Å²) in [5, 5.41) is 0.788. The number of piperidine rings is 1. The van der Waals surface area contributed by atoms with E-state index in [9.17, 15) is 4.79 Å². The molecular weight excluding hydrogens is 417 g/mol. The number of ether oxygens (including phenoxy) is 1. The van der Waals surface area contributed by atoms with E-state index in [0.717, 1.165) is 67.2 Å². The van der Waals surface area contributed by atoms with Gasteiger partial charge in [0.2, 0.25) is 0 Å². The standard InChI is InChI=1S/C25H28ClNO2.ClH/c1-18(28)25(20-6-4-3-5-7-20)12-14-27(15-13-25)17-19-8-9-21-22(16-19)23(26)10-11-24(21)29-2;/h3-7,10-11,16H,8-9,12-15,17H2,1-2H3;1H. The van der Waals surface area contributed by atoms with E-state index >= 15 is 0 Å². The summed E-state index contributed by atoms with van der Waals surface area (Å²) in [7, 11) is 1.71. The highest BCUT2D eigenvalue weighted by Crippen LogP contribution is 2.38. The molecule has 2 aliphatic rings. The molecular formula is C25H29Cl2NO2. The topological polar surface area (TPSA) is 29.5 Å². The molecule has 1 heterocycles. The molecule has 0 saturated carbocycles. The van der Waals surface area contributed by atoms with Crippen LogP contribution in [0.5, 0.6) is 5.75 Å². The molecule has 0 radical (unpaired) electrons. The first kappa shape index (κ1) is 22.9. The van der Waals surface area contributed by atoms with Crippen molar-refractivity contribution in [3.8, 4) is 5.75 Å². The molecule has 2 aromatic carbocycles. The second-order valence-corrected chi connectivity index (χ2v) is 8.63. The Morgan fingerprint density at radius 3 is 2.43 bits per heavy atom. The van der Waals surface area contributed by atoms with Gasteiger partial charge in [0.05, 0.1) is 12.5 Å². The molecule has 3 nitrogen and oxygen atoms in total. The van der Waals surface area contributed by atoms with Gasteiger partial charge in [-0.05, 0) is 69.0 Å². The molecule has 0 bridgehead atoms. The number of methoxy groups -OCH3 is 1. The normalized spacial score (nSPS) is 18.0. The van der Waals surface area contributed by atoms with E-state index in [2.05, 4.69) is 23.1 Å². The van der Waals surface area contributed by atoms with Gasteiger partial charge in [0.1, 0.15) is 11.5 Å². The summed E-state index contributed by atoms with van der Waals surface area (Å²) in [6.07, 6.45) is 5.99. The van der Waals surface area contributed by atoms with E-state index in [1.54, 1.807) is 14.0 Å². The molecule has 5 heteroatoms. The number of nitrogens with zero attached hydrogens (tertiary/aromatic N) is 1. The Kier molecular flexibility index (Phi) is 7.28. The third-order valence-electron chi connectivity index (χ3n) is 6.66. The number of likely N-dealkylation sites (tertiary alicyclic amines) is 1. The summed E-state index contributed by atoms with van der Waals surface area (Å²) in [6, 6.07) is 14.2. The molecule has 1 saturated heterocycles. The molecule has 0 N–H and O–H groups in total. The quantitative estimate of drug-likeness (QED) is 0.588. The summed E-state index contributed by atoms with van der Waals surface area (Å²) >= 11 is 6.47. The Bertz CT molecular complexity index is 932. The molecule has 1 aliphatic heterocycles. The largest absolute Gasteiger partial charge is 0.496 e. The smallest absolute Gasteiger partial charge is 0.140 e. The number of Topliss-reactive ketones (excluding diaryl/α,β-unsaturated/α-hetero) is 1. The first-order valence-electron chi connectivity index (χ1n) is 10.4. The van der Waals surface area contributed by atoms with Crippen LogP contribution in [0.3, 0.4) is 0 Å². The lowest BCUT2D eigenvalue weighted by Crippen LogP contribution is -2.47. The predicted molar refractivity (Wildman–Crippen MR) is 126 cm³/mol. The lowest BCUT2D eigenvalue weighted by atomic mass is 9.70. The van der Waals surface area contributed by atoms with Crippen LogP contribution < -0.4 is 4.74 Å². The third-order valence-corrected chi connectivity index (χ3v) is 6.99. The van der Waals surface area contributed by atoms with E-state index in [-0.39, 0.29) is 23.6 Å². The Hall–Kier alpha value is -1.81. The minimum absolute atomic E-state index is 0. The summed E-state index contributed by atoms with van der Waals surface area (Å²) in [5.41, 5.74) is 4.55. The Balaban J connectivity index is 0.00000256. The van der Waals surface area contributed by atoms with E-state index in [1.165, 1.54) is 11.1 Å². The van der Waals surface area contributed by atoms with Crippen LogP contribution in [-0.4, -0.2) is 37.4 Å². The minimum atomic E-state index is -0.331. The van der Waals surface area contributed by atoms with Gasteiger partial charge in [-0.1, -0.05) is 53.6 Å². The predicted octanol–water partition coefficient (Wildman–Crippen LogP) is 5.72. The van der Waals surface area contributed by atoms with Gasteiger partial charge in [0, 0.05) is 17.1 Å². The van der Waals surface area contributed by atoms with Gasteiger partial charge in [-0.15, -0.1) is 12.4 Å². The van der Waals surface area contributed by atoms with Crippen molar-refractivity contribution in [3.05, 3.63) is 69.8 Å². The third kappa shape index (κ3) is 4.30. The van der Waals surface area contributed by atoms with Crippen molar-refractivity contribution < 1.29 is 9.53 Å². The number of benzene rings is 2. The first-order chi connectivity index (χ1) is 14.0. The summed E-state index contributed by atoms with van der Waals surface area (Å²) in [5.74, 6) is 1.21. The van der Waals surface area contributed by atoms with Gasteiger partial charge >= 0.3 is 0 Å². The average molecular weight is 446 g/mol. The maximum absolute atomic E-state index is 12.6. The van der Waals surface area contributed by atoms with Crippen molar-refractivity contribution in [2.45, 2.75) is 38.0 Å². The summed E-state index contributed by atoms with van der Waals surface area (Å²) < 4.78 is 5.51. The number of fused-ring (bicyclic) bond motifs is 1. The first-order valence-corrected chi connectivity index (χ1v) is 10.7. The number of carbonyl (C=O) groups excluding carboxylic acids is 1. The maximum Gasteiger partial charge on any atom is 0.140 e. The fourth-order valence-corrected chi connectivity index (χ4v) is 5.12. The highest BCUT2D eigenvalue weighted by Gasteiger charge is 2.40. The zero-order chi connectivity index (χ0) is 20.4. The number of halogens is 2. The second kappa shape index (κ2) is 9.55. The van der Waals surface area contributed by atoms with Crippen molar-refractivity contribution in [3.63, 3.8) is 0 Å². The summed E-state index contributed by atoms with van der Waals surface area (Å²) in [4.78, 5) is 15.1. The van der Waals surface area contributed by atoms with Gasteiger partial charge in [0.25, 0.3) is 0 Å². The van der Waals surface area contributed by atoms with Crippen LogP contribution in [0.15, 0.2) is 48.0 Å². The number of ketones is 1. The van der Waals surface area contributed by atoms with Crippen LogP contribution in [0, 0.1) is 0 Å². The number of hydrogen-bond donors (Lipinski definition) is 0. The minimum Gasteiger partial charge on any atom is -0.496 e. The molecule has 0 spiro atoms. The zero-order valence-electron chi connectivity index (χ0n) is 17.6. The Morgan fingerprint density at radius 2 is 1.80 bits per heavy atom. The van der Waals surface area contributed by atoms with Gasteiger partial charge in [-0.3, -0.25) is 9.69 Å². The highest BCUT2D eigenvalue weighted by atomic mass is 35.5. The molecule has 0 unspecified atom stereocenters. The number of rotatable bonds is 5. The highest BCUT2D eigenvalue weighted by molar-refractivity contribution is 6.32. The fourth-order valence-electron chi connectivity index (χ4n) is 4.89. The molecule has 0 atom stereocenters. The van der Waals surface area contributed by atoms with Crippen LogP contribution in [0.4, 0.5) is 0 Å². The van der Waals surface area contributed by atoms with Gasteiger partial charge in [-0.2, -0.15) is 0 Å². The molecule has 1 aliphatic carbocycles. The SMILES string of the molecule is COc1ccc(Cl)c2c1CCC(CN1CCC(C(C)=O)(c3ccccc3)CC1)=C2.Cl. The molecule has 4 rings (SSSR count).